The van der Waals surface area contributed by atoms with E-state index >= 15 is 0 Å². The van der Waals surface area contributed by atoms with Gasteiger partial charge in [0.2, 0.25) is 5.91 Å². The fraction of sp³-hybridized carbons (Fsp3) is 0.294. The van der Waals surface area contributed by atoms with E-state index in [9.17, 15) is 14.7 Å². The van der Waals surface area contributed by atoms with Crippen molar-refractivity contribution in [2.24, 2.45) is 0 Å². The minimum absolute atomic E-state index is 0.0142. The third-order valence-corrected chi connectivity index (χ3v) is 3.37. The van der Waals surface area contributed by atoms with Crippen molar-refractivity contribution in [2.75, 3.05) is 13.1 Å². The van der Waals surface area contributed by atoms with Crippen LogP contribution in [0.1, 0.15) is 28.6 Å². The van der Waals surface area contributed by atoms with Crippen molar-refractivity contribution in [3.63, 3.8) is 0 Å². The second-order valence-corrected chi connectivity index (χ2v) is 5.58. The van der Waals surface area contributed by atoms with E-state index in [0.29, 0.717) is 11.3 Å². The highest BCUT2D eigenvalue weighted by Gasteiger charge is 2.26. The standard InChI is InChI=1S/C17H20N2O4/c1-12-5-3-6-13(9-12)16(21)18-10-15(20)19-11-17(2,22)14-7-4-8-23-14/h3-9,22H,10-11H2,1-2H3,(H,18,21)(H,19,20). The Bertz CT molecular complexity index is 678. The molecule has 0 saturated heterocycles. The van der Waals surface area contributed by atoms with Crippen molar-refractivity contribution < 1.29 is 19.1 Å². The Balaban J connectivity index is 1.80. The molecule has 0 saturated carbocycles. The van der Waals surface area contributed by atoms with Crippen molar-refractivity contribution >= 4 is 11.8 Å². The lowest BCUT2D eigenvalue weighted by molar-refractivity contribution is -0.121. The molecule has 2 rings (SSSR count). The van der Waals surface area contributed by atoms with Crippen LogP contribution in [0.4, 0.5) is 0 Å². The fourth-order valence-electron chi connectivity index (χ4n) is 2.05. The van der Waals surface area contributed by atoms with Crippen molar-refractivity contribution in [1.82, 2.24) is 10.6 Å². The fourth-order valence-corrected chi connectivity index (χ4v) is 2.05. The van der Waals surface area contributed by atoms with Gasteiger partial charge in [0.25, 0.3) is 5.91 Å². The van der Waals surface area contributed by atoms with Crippen LogP contribution in [0.25, 0.3) is 0 Å². The smallest absolute Gasteiger partial charge is 0.251 e. The molecule has 1 atom stereocenters. The second kappa shape index (κ2) is 7.11. The number of amides is 2. The molecule has 23 heavy (non-hydrogen) atoms. The lowest BCUT2D eigenvalue weighted by Crippen LogP contribution is -2.43. The Labute approximate surface area is 134 Å². The number of carbonyl (C=O) groups is 2. The van der Waals surface area contributed by atoms with Gasteiger partial charge in [-0.3, -0.25) is 9.59 Å². The first-order chi connectivity index (χ1) is 10.9. The normalized spacial score (nSPS) is 13.2. The minimum Gasteiger partial charge on any atom is -0.466 e. The van der Waals surface area contributed by atoms with Gasteiger partial charge in [-0.1, -0.05) is 17.7 Å². The number of benzene rings is 1. The molecule has 1 heterocycles. The van der Waals surface area contributed by atoms with Crippen LogP contribution in [0.5, 0.6) is 0 Å². The molecule has 2 aromatic rings. The lowest BCUT2D eigenvalue weighted by Gasteiger charge is -2.21. The summed E-state index contributed by atoms with van der Waals surface area (Å²) in [4.78, 5) is 23.7. The van der Waals surface area contributed by atoms with Crippen molar-refractivity contribution in [3.8, 4) is 0 Å². The zero-order valence-electron chi connectivity index (χ0n) is 13.1. The third kappa shape index (κ3) is 4.69. The monoisotopic (exact) mass is 316 g/mol. The molecular weight excluding hydrogens is 296 g/mol. The van der Waals surface area contributed by atoms with Crippen LogP contribution in [-0.4, -0.2) is 30.0 Å². The summed E-state index contributed by atoms with van der Waals surface area (Å²) in [5, 5.41) is 15.3. The molecule has 1 unspecified atom stereocenters. The van der Waals surface area contributed by atoms with Crippen LogP contribution in [0.2, 0.25) is 0 Å². The molecule has 122 valence electrons. The van der Waals surface area contributed by atoms with Crippen LogP contribution < -0.4 is 10.6 Å². The first-order valence-corrected chi connectivity index (χ1v) is 7.26. The van der Waals surface area contributed by atoms with Gasteiger partial charge in [-0.25, -0.2) is 0 Å². The van der Waals surface area contributed by atoms with Gasteiger partial charge in [0.05, 0.1) is 19.4 Å². The highest BCUT2D eigenvalue weighted by molar-refractivity contribution is 5.96. The van der Waals surface area contributed by atoms with Gasteiger partial charge >= 0.3 is 0 Å². The molecule has 6 nitrogen and oxygen atoms in total. The molecule has 0 aliphatic heterocycles. The number of carbonyl (C=O) groups excluding carboxylic acids is 2. The van der Waals surface area contributed by atoms with E-state index in [-0.39, 0.29) is 19.0 Å². The summed E-state index contributed by atoms with van der Waals surface area (Å²) in [5.74, 6) is -0.346. The Kier molecular flexibility index (Phi) is 5.18. The predicted molar refractivity (Wildman–Crippen MR) is 84.8 cm³/mol. The molecule has 3 N–H and O–H groups in total. The van der Waals surface area contributed by atoms with E-state index in [0.717, 1.165) is 5.56 Å². The van der Waals surface area contributed by atoms with Crippen LogP contribution in [0.15, 0.2) is 47.1 Å². The Morgan fingerprint density at radius 2 is 2.00 bits per heavy atom. The molecule has 2 amide bonds. The third-order valence-electron chi connectivity index (χ3n) is 3.37. The molecule has 0 aliphatic carbocycles. The van der Waals surface area contributed by atoms with Gasteiger partial charge in [0.1, 0.15) is 11.4 Å². The van der Waals surface area contributed by atoms with Crippen LogP contribution in [-0.2, 0) is 10.4 Å². The quantitative estimate of drug-likeness (QED) is 0.750. The van der Waals surface area contributed by atoms with Gasteiger partial charge in [0, 0.05) is 5.56 Å². The minimum atomic E-state index is -1.31. The maximum atomic E-state index is 11.9. The summed E-state index contributed by atoms with van der Waals surface area (Å²) in [6, 6.07) is 10.4. The van der Waals surface area contributed by atoms with Crippen LogP contribution in [0, 0.1) is 6.92 Å². The summed E-state index contributed by atoms with van der Waals surface area (Å²) < 4.78 is 5.13. The summed E-state index contributed by atoms with van der Waals surface area (Å²) >= 11 is 0. The van der Waals surface area contributed by atoms with Crippen LogP contribution >= 0.6 is 0 Å². The zero-order chi connectivity index (χ0) is 16.9. The molecule has 6 heteroatoms. The number of aryl methyl sites for hydroxylation is 1. The summed E-state index contributed by atoms with van der Waals surface area (Å²) in [7, 11) is 0. The Hall–Kier alpha value is -2.60. The summed E-state index contributed by atoms with van der Waals surface area (Å²) in [5.41, 5.74) is 0.164. The van der Waals surface area contributed by atoms with Crippen molar-refractivity contribution in [3.05, 3.63) is 59.5 Å². The molecular formula is C17H20N2O4. The number of furan rings is 1. The number of hydrogen-bond donors (Lipinski definition) is 3. The maximum absolute atomic E-state index is 11.9. The summed E-state index contributed by atoms with van der Waals surface area (Å²) in [6.07, 6.45) is 1.45. The highest BCUT2D eigenvalue weighted by atomic mass is 16.4. The number of aliphatic hydroxyl groups is 1. The number of nitrogens with one attached hydrogen (secondary N) is 2. The second-order valence-electron chi connectivity index (χ2n) is 5.58. The van der Waals surface area contributed by atoms with Crippen molar-refractivity contribution in [2.45, 2.75) is 19.4 Å². The van der Waals surface area contributed by atoms with E-state index in [1.807, 2.05) is 13.0 Å². The van der Waals surface area contributed by atoms with E-state index in [1.54, 1.807) is 30.3 Å². The van der Waals surface area contributed by atoms with E-state index in [2.05, 4.69) is 10.6 Å². The topological polar surface area (TPSA) is 91.6 Å². The molecule has 1 aromatic heterocycles. The highest BCUT2D eigenvalue weighted by Crippen LogP contribution is 2.19. The summed E-state index contributed by atoms with van der Waals surface area (Å²) in [6.45, 7) is 3.25. The molecule has 1 aromatic carbocycles. The molecule has 0 spiro atoms. The zero-order valence-corrected chi connectivity index (χ0v) is 13.1. The van der Waals surface area contributed by atoms with Gasteiger partial charge in [-0.05, 0) is 38.1 Å². The average Bonchev–Trinajstić information content (AvgIpc) is 3.06. The first kappa shape index (κ1) is 16.8. The predicted octanol–water partition coefficient (Wildman–Crippen LogP) is 1.34. The van der Waals surface area contributed by atoms with Gasteiger partial charge < -0.3 is 20.2 Å². The molecule has 0 aliphatic rings. The number of hydrogen-bond acceptors (Lipinski definition) is 4. The largest absolute Gasteiger partial charge is 0.466 e. The van der Waals surface area contributed by atoms with Gasteiger partial charge in [-0.15, -0.1) is 0 Å². The number of rotatable bonds is 6. The van der Waals surface area contributed by atoms with E-state index in [1.165, 1.54) is 13.2 Å². The lowest BCUT2D eigenvalue weighted by atomic mass is 10.0. The van der Waals surface area contributed by atoms with E-state index in [4.69, 9.17) is 4.42 Å². The molecule has 0 fully saturated rings. The maximum Gasteiger partial charge on any atom is 0.251 e. The van der Waals surface area contributed by atoms with Crippen LogP contribution in [0.3, 0.4) is 0 Å². The first-order valence-electron chi connectivity index (χ1n) is 7.26. The van der Waals surface area contributed by atoms with E-state index < -0.39 is 11.5 Å². The van der Waals surface area contributed by atoms with Crippen molar-refractivity contribution in [1.29, 1.82) is 0 Å². The SMILES string of the molecule is Cc1cccc(C(=O)NCC(=O)NCC(C)(O)c2ccco2)c1. The molecule has 0 bridgehead atoms. The van der Waals surface area contributed by atoms with Gasteiger partial charge in [0.15, 0.2) is 0 Å². The average molecular weight is 316 g/mol. The molecule has 0 radical (unpaired) electrons. The Morgan fingerprint density at radius 3 is 2.65 bits per heavy atom. The Morgan fingerprint density at radius 1 is 1.22 bits per heavy atom. The van der Waals surface area contributed by atoms with Gasteiger partial charge in [-0.2, -0.15) is 0 Å².